The zero-order chi connectivity index (χ0) is 15.7. The molecule has 0 aliphatic heterocycles. The summed E-state index contributed by atoms with van der Waals surface area (Å²) in [7, 11) is 0. The van der Waals surface area contributed by atoms with Crippen LogP contribution in [0.25, 0.3) is 10.2 Å². The lowest BCUT2D eigenvalue weighted by molar-refractivity contribution is 0.745. The molecule has 116 valence electrons. The van der Waals surface area contributed by atoms with E-state index in [1.54, 1.807) is 28.9 Å². The molecule has 3 N–H and O–H groups in total. The van der Waals surface area contributed by atoms with E-state index < -0.39 is 0 Å². The summed E-state index contributed by atoms with van der Waals surface area (Å²) < 4.78 is 2.14. The van der Waals surface area contributed by atoms with Crippen molar-refractivity contribution >= 4 is 54.5 Å². The molecule has 3 aromatic heterocycles. The van der Waals surface area contributed by atoms with E-state index in [0.717, 1.165) is 26.8 Å². The van der Waals surface area contributed by atoms with E-state index in [-0.39, 0.29) is 12.1 Å². The highest BCUT2D eigenvalue weighted by atomic mass is 79.9. The van der Waals surface area contributed by atoms with E-state index in [4.69, 9.17) is 5.73 Å². The molecule has 0 aliphatic carbocycles. The lowest BCUT2D eigenvalue weighted by Gasteiger charge is -2.13. The van der Waals surface area contributed by atoms with Crippen molar-refractivity contribution in [1.82, 2.24) is 10.2 Å². The predicted octanol–water partition coefficient (Wildman–Crippen LogP) is 4.58. The third-order valence-electron chi connectivity index (χ3n) is 3.33. The van der Waals surface area contributed by atoms with Gasteiger partial charge in [0.05, 0.1) is 27.1 Å². The van der Waals surface area contributed by atoms with E-state index in [2.05, 4.69) is 55.9 Å². The van der Waals surface area contributed by atoms with Gasteiger partial charge in [0.25, 0.3) is 0 Å². The number of fused-ring (bicyclic) bond motifs is 1. The fraction of sp³-hybridized carbons (Fsp3) is 0.333. The maximum Gasteiger partial charge on any atom is 0.120 e. The number of aromatic nitrogens is 2. The summed E-state index contributed by atoms with van der Waals surface area (Å²) in [5, 5.41) is 14.1. The first-order valence-electron chi connectivity index (χ1n) is 7.04. The first-order valence-corrected chi connectivity index (χ1v) is 9.53. The zero-order valence-corrected chi connectivity index (χ0v) is 15.6. The van der Waals surface area contributed by atoms with Crippen molar-refractivity contribution < 1.29 is 0 Å². The van der Waals surface area contributed by atoms with Gasteiger partial charge in [-0.1, -0.05) is 6.07 Å². The molecule has 4 nitrogen and oxygen atoms in total. The van der Waals surface area contributed by atoms with Crippen LogP contribution in [-0.2, 0) is 6.42 Å². The first-order chi connectivity index (χ1) is 10.6. The number of anilines is 1. The fourth-order valence-electron chi connectivity index (χ4n) is 2.29. The molecule has 0 aromatic carbocycles. The lowest BCUT2D eigenvalue weighted by atomic mass is 10.2. The van der Waals surface area contributed by atoms with Gasteiger partial charge < -0.3 is 11.1 Å². The van der Waals surface area contributed by atoms with Crippen molar-refractivity contribution in [2.24, 2.45) is 5.73 Å². The minimum atomic E-state index is 0.124. The first kappa shape index (κ1) is 15.9. The third-order valence-corrected chi connectivity index (χ3v) is 6.74. The van der Waals surface area contributed by atoms with Crippen LogP contribution in [0, 0.1) is 0 Å². The Balaban J connectivity index is 1.96. The monoisotopic (exact) mass is 396 g/mol. The van der Waals surface area contributed by atoms with Crippen LogP contribution in [0.3, 0.4) is 0 Å². The third kappa shape index (κ3) is 3.17. The highest BCUT2D eigenvalue weighted by molar-refractivity contribution is 9.10. The second kappa shape index (κ2) is 6.62. The number of rotatable bonds is 5. The number of thiophene rings is 2. The van der Waals surface area contributed by atoms with Crippen LogP contribution in [0.2, 0.25) is 0 Å². The second-order valence-electron chi connectivity index (χ2n) is 5.34. The quantitative estimate of drug-likeness (QED) is 0.662. The Kier molecular flexibility index (Phi) is 4.77. The Morgan fingerprint density at radius 1 is 1.41 bits per heavy atom. The SMILES string of the molecule is C[C@H](N)Cc1sc2c(N[C@H](C)c3cccs3)cnnc2c1Br. The Morgan fingerprint density at radius 3 is 2.91 bits per heavy atom. The molecule has 0 unspecified atom stereocenters. The summed E-state index contributed by atoms with van der Waals surface area (Å²) in [5.41, 5.74) is 7.86. The Bertz CT molecular complexity index is 767. The van der Waals surface area contributed by atoms with Gasteiger partial charge in [0.2, 0.25) is 0 Å². The van der Waals surface area contributed by atoms with E-state index in [1.807, 2.05) is 6.92 Å². The van der Waals surface area contributed by atoms with Gasteiger partial charge in [-0.2, -0.15) is 5.10 Å². The summed E-state index contributed by atoms with van der Waals surface area (Å²) in [6, 6.07) is 4.57. The Labute approximate surface area is 145 Å². The van der Waals surface area contributed by atoms with Gasteiger partial charge in [-0.25, -0.2) is 0 Å². The Hall–Kier alpha value is -1.02. The van der Waals surface area contributed by atoms with Crippen LogP contribution in [0.1, 0.15) is 29.6 Å². The second-order valence-corrected chi connectivity index (χ2v) is 8.22. The number of nitrogens with one attached hydrogen (secondary N) is 1. The largest absolute Gasteiger partial charge is 0.375 e. The number of hydrogen-bond donors (Lipinski definition) is 2. The van der Waals surface area contributed by atoms with Gasteiger partial charge in [0.1, 0.15) is 5.52 Å². The van der Waals surface area contributed by atoms with Crippen LogP contribution in [0.5, 0.6) is 0 Å². The summed E-state index contributed by atoms with van der Waals surface area (Å²) in [4.78, 5) is 2.52. The maximum atomic E-state index is 5.93. The van der Waals surface area contributed by atoms with E-state index >= 15 is 0 Å². The molecule has 3 rings (SSSR count). The maximum absolute atomic E-state index is 5.93. The normalized spacial score (nSPS) is 14.2. The number of halogens is 1. The van der Waals surface area contributed by atoms with E-state index in [9.17, 15) is 0 Å². The predicted molar refractivity (Wildman–Crippen MR) is 98.8 cm³/mol. The Morgan fingerprint density at radius 2 is 2.23 bits per heavy atom. The van der Waals surface area contributed by atoms with Crippen molar-refractivity contribution in [2.45, 2.75) is 32.4 Å². The number of nitrogens with two attached hydrogens (primary N) is 1. The molecule has 0 saturated carbocycles. The van der Waals surface area contributed by atoms with Crippen molar-refractivity contribution in [2.75, 3.05) is 5.32 Å². The number of hydrogen-bond acceptors (Lipinski definition) is 6. The zero-order valence-electron chi connectivity index (χ0n) is 12.3. The van der Waals surface area contributed by atoms with Gasteiger partial charge in [-0.05, 0) is 47.6 Å². The highest BCUT2D eigenvalue weighted by Crippen LogP contribution is 2.39. The smallest absolute Gasteiger partial charge is 0.120 e. The average Bonchev–Trinajstić information content (AvgIpc) is 3.09. The van der Waals surface area contributed by atoms with Crippen LogP contribution < -0.4 is 11.1 Å². The molecule has 22 heavy (non-hydrogen) atoms. The molecule has 0 amide bonds. The molecule has 0 bridgehead atoms. The topological polar surface area (TPSA) is 63.8 Å². The minimum Gasteiger partial charge on any atom is -0.375 e. The summed E-state index contributed by atoms with van der Waals surface area (Å²) in [5.74, 6) is 0. The molecule has 7 heteroatoms. The standard InChI is InChI=1S/C15H17BrN4S2/c1-8(17)6-12-13(16)14-15(22-12)10(7-18-20-14)19-9(2)11-4-3-5-21-11/h3-5,7-9H,6,17H2,1-2H3,(H,19,20)/t8-,9+/m0/s1. The van der Waals surface area contributed by atoms with Gasteiger partial charge in [-0.15, -0.1) is 27.8 Å². The van der Waals surface area contributed by atoms with Gasteiger partial charge >= 0.3 is 0 Å². The molecule has 0 fully saturated rings. The molecule has 0 saturated heterocycles. The fourth-order valence-corrected chi connectivity index (χ4v) is 5.08. The molecule has 2 atom stereocenters. The summed E-state index contributed by atoms with van der Waals surface area (Å²) >= 11 is 7.13. The van der Waals surface area contributed by atoms with E-state index in [1.165, 1.54) is 9.75 Å². The van der Waals surface area contributed by atoms with Gasteiger partial charge in [0.15, 0.2) is 0 Å². The summed E-state index contributed by atoms with van der Waals surface area (Å²) in [6.45, 7) is 4.17. The minimum absolute atomic E-state index is 0.124. The van der Waals surface area contributed by atoms with Crippen molar-refractivity contribution in [3.8, 4) is 0 Å². The van der Waals surface area contributed by atoms with Crippen LogP contribution in [-0.4, -0.2) is 16.2 Å². The molecule has 0 aliphatic rings. The summed E-state index contributed by atoms with van der Waals surface area (Å²) in [6.07, 6.45) is 2.63. The van der Waals surface area contributed by atoms with Crippen LogP contribution in [0.15, 0.2) is 28.2 Å². The molecule has 0 spiro atoms. The lowest BCUT2D eigenvalue weighted by Crippen LogP contribution is -2.17. The highest BCUT2D eigenvalue weighted by Gasteiger charge is 2.17. The van der Waals surface area contributed by atoms with Gasteiger partial charge in [-0.3, -0.25) is 0 Å². The molecule has 3 heterocycles. The van der Waals surface area contributed by atoms with Crippen LogP contribution in [0.4, 0.5) is 5.69 Å². The average molecular weight is 397 g/mol. The number of nitrogens with zero attached hydrogens (tertiary/aromatic N) is 2. The molecular weight excluding hydrogens is 380 g/mol. The molecule has 3 aromatic rings. The van der Waals surface area contributed by atoms with E-state index in [0.29, 0.717) is 0 Å². The van der Waals surface area contributed by atoms with Gasteiger partial charge in [0, 0.05) is 15.8 Å². The van der Waals surface area contributed by atoms with Crippen LogP contribution >= 0.6 is 38.6 Å². The molecule has 0 radical (unpaired) electrons. The molecular formula is C15H17BrN4S2. The van der Waals surface area contributed by atoms with Crippen molar-refractivity contribution in [3.05, 3.63) is 37.9 Å². The van der Waals surface area contributed by atoms with Crippen molar-refractivity contribution in [3.63, 3.8) is 0 Å². The van der Waals surface area contributed by atoms with Crippen molar-refractivity contribution in [1.29, 1.82) is 0 Å².